The lowest BCUT2D eigenvalue weighted by Gasteiger charge is -2.16. The molecular weight excluding hydrogens is 499 g/mol. The van der Waals surface area contributed by atoms with Crippen LogP contribution in [0, 0.1) is 12.7 Å². The Hall–Kier alpha value is -5.23. The molecule has 3 N–H and O–H groups in total. The third-order valence-corrected chi connectivity index (χ3v) is 6.97. The molecule has 0 bridgehead atoms. The molecule has 0 aliphatic heterocycles. The highest BCUT2D eigenvalue weighted by Crippen LogP contribution is 2.36. The number of pyridine rings is 1. The van der Waals surface area contributed by atoms with Gasteiger partial charge in [0.2, 0.25) is 5.91 Å². The number of hydrogen-bond acceptors (Lipinski definition) is 3. The lowest BCUT2D eigenvalue weighted by atomic mass is 9.98. The summed E-state index contributed by atoms with van der Waals surface area (Å²) in [5.41, 5.74) is 7.78. The van der Waals surface area contributed by atoms with Crippen molar-refractivity contribution in [3.05, 3.63) is 133 Å². The third kappa shape index (κ3) is 5.20. The first kappa shape index (κ1) is 25.1. The first-order valence-corrected chi connectivity index (χ1v) is 13.1. The Morgan fingerprint density at radius 2 is 1.65 bits per heavy atom. The highest BCUT2D eigenvalue weighted by Gasteiger charge is 2.16. The molecule has 0 aliphatic rings. The molecule has 0 fully saturated rings. The third-order valence-electron chi connectivity index (χ3n) is 6.97. The average molecular weight is 527 g/mol. The van der Waals surface area contributed by atoms with E-state index in [1.807, 2.05) is 91.9 Å². The number of nitrogens with one attached hydrogen (secondary N) is 3. The van der Waals surface area contributed by atoms with Crippen LogP contribution >= 0.6 is 0 Å². The Bertz CT molecular complexity index is 1810. The molecule has 0 unspecified atom stereocenters. The van der Waals surface area contributed by atoms with Crippen LogP contribution in [0.25, 0.3) is 33.2 Å². The predicted molar refractivity (Wildman–Crippen MR) is 160 cm³/mol. The molecule has 5 nitrogen and oxygen atoms in total. The van der Waals surface area contributed by atoms with E-state index < -0.39 is 0 Å². The summed E-state index contributed by atoms with van der Waals surface area (Å²) in [5, 5.41) is 7.39. The summed E-state index contributed by atoms with van der Waals surface area (Å²) >= 11 is 0. The van der Waals surface area contributed by atoms with Gasteiger partial charge < -0.3 is 15.6 Å². The first-order chi connectivity index (χ1) is 19.5. The van der Waals surface area contributed by atoms with Crippen LogP contribution in [0.5, 0.6) is 0 Å². The first-order valence-electron chi connectivity index (χ1n) is 13.1. The Balaban J connectivity index is 1.33. The smallest absolute Gasteiger partial charge is 0.228 e. The van der Waals surface area contributed by atoms with Crippen LogP contribution in [-0.4, -0.2) is 15.9 Å². The zero-order valence-electron chi connectivity index (χ0n) is 21.9. The van der Waals surface area contributed by atoms with E-state index >= 15 is 4.39 Å². The number of aromatic amines is 1. The second kappa shape index (κ2) is 10.9. The zero-order chi connectivity index (χ0) is 27.5. The lowest BCUT2D eigenvalue weighted by Crippen LogP contribution is -2.15. The van der Waals surface area contributed by atoms with Crippen LogP contribution in [0.3, 0.4) is 0 Å². The van der Waals surface area contributed by atoms with E-state index in [1.165, 1.54) is 0 Å². The number of benzene rings is 4. The molecule has 6 heteroatoms. The molecule has 0 saturated heterocycles. The van der Waals surface area contributed by atoms with Crippen molar-refractivity contribution in [2.45, 2.75) is 13.3 Å². The molecule has 0 atom stereocenters. The van der Waals surface area contributed by atoms with Gasteiger partial charge in [0, 0.05) is 45.3 Å². The average Bonchev–Trinajstić information content (AvgIpc) is 3.29. The van der Waals surface area contributed by atoms with Crippen molar-refractivity contribution in [2.75, 3.05) is 10.6 Å². The van der Waals surface area contributed by atoms with Gasteiger partial charge in [0.1, 0.15) is 5.82 Å². The normalized spacial score (nSPS) is 10.9. The van der Waals surface area contributed by atoms with E-state index in [4.69, 9.17) is 0 Å². The second-order valence-corrected chi connectivity index (χ2v) is 9.69. The molecule has 0 saturated carbocycles. The number of H-pyrrole nitrogens is 1. The quantitative estimate of drug-likeness (QED) is 0.196. The molecular formula is C34H27FN4O. The summed E-state index contributed by atoms with van der Waals surface area (Å²) in [4.78, 5) is 20.7. The number of rotatable bonds is 7. The number of hydrogen-bond donors (Lipinski definition) is 3. The topological polar surface area (TPSA) is 69.8 Å². The van der Waals surface area contributed by atoms with Crippen LogP contribution in [0.2, 0.25) is 0 Å². The van der Waals surface area contributed by atoms with Crippen molar-refractivity contribution in [3.63, 3.8) is 0 Å². The van der Waals surface area contributed by atoms with Crippen molar-refractivity contribution in [3.8, 4) is 22.3 Å². The molecule has 6 aromatic rings. The maximum absolute atomic E-state index is 15.6. The van der Waals surface area contributed by atoms with Gasteiger partial charge in [-0.05, 0) is 66.1 Å². The van der Waals surface area contributed by atoms with Crippen molar-refractivity contribution in [1.82, 2.24) is 9.97 Å². The number of fused-ring (bicyclic) bond motifs is 1. The Morgan fingerprint density at radius 3 is 2.45 bits per heavy atom. The second-order valence-electron chi connectivity index (χ2n) is 9.69. The van der Waals surface area contributed by atoms with Gasteiger partial charge in [-0.25, -0.2) is 4.39 Å². The van der Waals surface area contributed by atoms with Gasteiger partial charge in [0.25, 0.3) is 0 Å². The van der Waals surface area contributed by atoms with Gasteiger partial charge in [-0.15, -0.1) is 0 Å². The minimum absolute atomic E-state index is 0.147. The molecule has 196 valence electrons. The number of aryl methyl sites for hydroxylation is 1. The minimum atomic E-state index is -0.353. The highest BCUT2D eigenvalue weighted by atomic mass is 19.1. The lowest BCUT2D eigenvalue weighted by molar-refractivity contribution is -0.115. The maximum Gasteiger partial charge on any atom is 0.228 e. The van der Waals surface area contributed by atoms with Crippen LogP contribution < -0.4 is 10.6 Å². The zero-order valence-corrected chi connectivity index (χ0v) is 21.9. The molecule has 40 heavy (non-hydrogen) atoms. The van der Waals surface area contributed by atoms with E-state index in [1.54, 1.807) is 30.6 Å². The number of anilines is 3. The monoisotopic (exact) mass is 526 g/mol. The Morgan fingerprint density at radius 1 is 0.825 bits per heavy atom. The summed E-state index contributed by atoms with van der Waals surface area (Å²) in [6.45, 7) is 1.97. The maximum atomic E-state index is 15.6. The Kier molecular flexibility index (Phi) is 6.81. The van der Waals surface area contributed by atoms with E-state index in [2.05, 4.69) is 20.6 Å². The summed E-state index contributed by atoms with van der Waals surface area (Å²) in [5.74, 6) is -0.500. The van der Waals surface area contributed by atoms with Gasteiger partial charge in [0.15, 0.2) is 0 Å². The number of carbonyl (C=O) groups is 1. The SMILES string of the molecule is Cc1[nH]c2ccccc2c1CC(=O)Nc1ccc(Nc2cccnc2)c(-c2ccc(-c3ccccc3)cc2F)c1. The largest absolute Gasteiger partial charge is 0.358 e. The van der Waals surface area contributed by atoms with E-state index in [0.717, 1.165) is 39.0 Å². The summed E-state index contributed by atoms with van der Waals surface area (Å²) in [6, 6.07) is 32.1. The van der Waals surface area contributed by atoms with Crippen LogP contribution in [0.4, 0.5) is 21.5 Å². The van der Waals surface area contributed by atoms with Crippen molar-refractivity contribution >= 4 is 33.9 Å². The highest BCUT2D eigenvalue weighted by molar-refractivity contribution is 5.97. The predicted octanol–water partition coefficient (Wildman–Crippen LogP) is 8.27. The van der Waals surface area contributed by atoms with Crippen LogP contribution in [0.15, 0.2) is 116 Å². The number of amides is 1. The Labute approximate surface area is 231 Å². The summed E-state index contributed by atoms with van der Waals surface area (Å²) < 4.78 is 15.6. The number of nitrogens with zero attached hydrogens (tertiary/aromatic N) is 1. The summed E-state index contributed by atoms with van der Waals surface area (Å²) in [7, 11) is 0. The molecule has 0 spiro atoms. The fraction of sp³-hybridized carbons (Fsp3) is 0.0588. The van der Waals surface area contributed by atoms with Crippen molar-refractivity contribution < 1.29 is 9.18 Å². The molecule has 0 aliphatic carbocycles. The van der Waals surface area contributed by atoms with Crippen LogP contribution in [0.1, 0.15) is 11.3 Å². The minimum Gasteiger partial charge on any atom is -0.358 e. The van der Waals surface area contributed by atoms with Gasteiger partial charge in [0.05, 0.1) is 18.3 Å². The standard InChI is InChI=1S/C34H27FN4O/c1-22-29(28-11-5-6-12-32(28)37-22)20-34(40)39-25-14-16-33(38-26-10-7-17-36-21-26)30(19-25)27-15-13-24(18-31(27)35)23-8-3-2-4-9-23/h2-19,21,37-38H,20H2,1H3,(H,39,40). The molecule has 0 radical (unpaired) electrons. The number of para-hydroxylation sites is 1. The summed E-state index contributed by atoms with van der Waals surface area (Å²) in [6.07, 6.45) is 3.63. The molecule has 4 aromatic carbocycles. The van der Waals surface area contributed by atoms with Gasteiger partial charge in [-0.3, -0.25) is 9.78 Å². The van der Waals surface area contributed by atoms with E-state index in [0.29, 0.717) is 22.5 Å². The van der Waals surface area contributed by atoms with Crippen molar-refractivity contribution in [1.29, 1.82) is 0 Å². The van der Waals surface area contributed by atoms with Crippen LogP contribution in [-0.2, 0) is 11.2 Å². The fourth-order valence-corrected chi connectivity index (χ4v) is 5.02. The van der Waals surface area contributed by atoms with E-state index in [-0.39, 0.29) is 18.1 Å². The van der Waals surface area contributed by atoms with Gasteiger partial charge in [-0.1, -0.05) is 60.7 Å². The number of carbonyl (C=O) groups excluding carboxylic acids is 1. The molecule has 2 aromatic heterocycles. The van der Waals surface area contributed by atoms with E-state index in [9.17, 15) is 4.79 Å². The molecule has 1 amide bonds. The van der Waals surface area contributed by atoms with Gasteiger partial charge in [-0.2, -0.15) is 0 Å². The fourth-order valence-electron chi connectivity index (χ4n) is 5.02. The number of aromatic nitrogens is 2. The number of halogens is 1. The van der Waals surface area contributed by atoms with Crippen molar-refractivity contribution in [2.24, 2.45) is 0 Å². The molecule has 6 rings (SSSR count). The van der Waals surface area contributed by atoms with Gasteiger partial charge >= 0.3 is 0 Å². The molecule has 2 heterocycles.